The lowest BCUT2D eigenvalue weighted by atomic mass is 9.84. The first kappa shape index (κ1) is 20.8. The molecule has 4 rings (SSSR count). The third kappa shape index (κ3) is 3.92. The van der Waals surface area contributed by atoms with Crippen molar-refractivity contribution in [2.45, 2.75) is 63.0 Å². The number of aliphatic hydroxyl groups is 1. The predicted octanol–water partition coefficient (Wildman–Crippen LogP) is 2.57. The third-order valence-electron chi connectivity index (χ3n) is 5.82. The van der Waals surface area contributed by atoms with E-state index < -0.39 is 15.6 Å². The van der Waals surface area contributed by atoms with Crippen LogP contribution in [0.3, 0.4) is 0 Å². The smallest absolute Gasteiger partial charge is 0.240 e. The number of fused-ring (bicyclic) bond motifs is 1. The number of sulfonamides is 1. The molecule has 0 saturated heterocycles. The highest BCUT2D eigenvalue weighted by Crippen LogP contribution is 2.31. The van der Waals surface area contributed by atoms with Gasteiger partial charge in [-0.3, -0.25) is 4.40 Å². The van der Waals surface area contributed by atoms with Crippen LogP contribution in [0.4, 0.5) is 5.82 Å². The molecule has 1 fully saturated rings. The molecule has 1 saturated carbocycles. The van der Waals surface area contributed by atoms with Crippen molar-refractivity contribution in [2.75, 3.05) is 5.73 Å². The number of imidazole rings is 1. The summed E-state index contributed by atoms with van der Waals surface area (Å²) < 4.78 is 30.7. The maximum Gasteiger partial charge on any atom is 0.240 e. The van der Waals surface area contributed by atoms with Gasteiger partial charge in [-0.25, -0.2) is 23.1 Å². The lowest BCUT2D eigenvalue weighted by molar-refractivity contribution is 0.0163. The Hall–Kier alpha value is -2.49. The molecule has 0 atom stereocenters. The third-order valence-corrected chi connectivity index (χ3v) is 7.34. The summed E-state index contributed by atoms with van der Waals surface area (Å²) in [5.74, 6) is 0.331. The second-order valence-corrected chi connectivity index (χ2v) is 10.2. The maximum absolute atomic E-state index is 13.0. The molecule has 1 aromatic carbocycles. The average Bonchev–Trinajstić information content (AvgIpc) is 3.07. The van der Waals surface area contributed by atoms with Gasteiger partial charge in [0, 0.05) is 17.8 Å². The number of rotatable bonds is 4. The topological polar surface area (TPSA) is 123 Å². The number of nitrogens with one attached hydrogen (secondary N) is 1. The highest BCUT2D eigenvalue weighted by molar-refractivity contribution is 7.89. The van der Waals surface area contributed by atoms with E-state index in [1.54, 1.807) is 31.3 Å². The van der Waals surface area contributed by atoms with Gasteiger partial charge in [0.25, 0.3) is 0 Å². The van der Waals surface area contributed by atoms with Gasteiger partial charge in [-0.15, -0.1) is 0 Å². The molecule has 160 valence electrons. The van der Waals surface area contributed by atoms with Gasteiger partial charge in [-0.2, -0.15) is 0 Å². The van der Waals surface area contributed by atoms with Crippen molar-refractivity contribution in [1.82, 2.24) is 19.1 Å². The van der Waals surface area contributed by atoms with E-state index in [9.17, 15) is 13.5 Å². The van der Waals surface area contributed by atoms with Crippen LogP contribution >= 0.6 is 0 Å². The molecule has 8 nitrogen and oxygen atoms in total. The summed E-state index contributed by atoms with van der Waals surface area (Å²) in [4.78, 5) is 8.80. The quantitative estimate of drug-likeness (QED) is 0.586. The molecule has 0 amide bonds. The Kier molecular flexibility index (Phi) is 5.08. The molecule has 0 bridgehead atoms. The summed E-state index contributed by atoms with van der Waals surface area (Å²) in [5, 5.41) is 10.1. The fourth-order valence-electron chi connectivity index (χ4n) is 4.03. The van der Waals surface area contributed by atoms with Crippen molar-refractivity contribution >= 4 is 21.5 Å². The highest BCUT2D eigenvalue weighted by Gasteiger charge is 2.31. The molecule has 0 aliphatic heterocycles. The van der Waals surface area contributed by atoms with Crippen molar-refractivity contribution in [3.8, 4) is 11.3 Å². The van der Waals surface area contributed by atoms with Crippen LogP contribution in [0.1, 0.15) is 43.9 Å². The molecular weight excluding hydrogens is 402 g/mol. The van der Waals surface area contributed by atoms with Crippen LogP contribution in [0, 0.1) is 13.8 Å². The highest BCUT2D eigenvalue weighted by atomic mass is 32.2. The van der Waals surface area contributed by atoms with Crippen molar-refractivity contribution in [3.05, 3.63) is 41.9 Å². The fraction of sp³-hybridized carbons (Fsp3) is 0.429. The zero-order valence-electron chi connectivity index (χ0n) is 17.4. The summed E-state index contributed by atoms with van der Waals surface area (Å²) in [6.45, 7) is 5.57. The zero-order chi connectivity index (χ0) is 21.7. The van der Waals surface area contributed by atoms with Gasteiger partial charge in [-0.05, 0) is 64.2 Å². The van der Waals surface area contributed by atoms with E-state index in [0.29, 0.717) is 37.1 Å². The van der Waals surface area contributed by atoms with Crippen molar-refractivity contribution in [3.63, 3.8) is 0 Å². The fourth-order valence-corrected chi connectivity index (χ4v) is 5.36. The Morgan fingerprint density at radius 1 is 1.27 bits per heavy atom. The molecule has 0 unspecified atom stereocenters. The molecular formula is C21H27N5O3S. The number of nitrogens with zero attached hydrogens (tertiary/aromatic N) is 3. The van der Waals surface area contributed by atoms with Crippen LogP contribution in [-0.2, 0) is 10.0 Å². The molecule has 1 aliphatic rings. The molecule has 1 aliphatic carbocycles. The number of hydrogen-bond acceptors (Lipinski definition) is 6. The van der Waals surface area contributed by atoms with E-state index in [0.717, 1.165) is 22.5 Å². The van der Waals surface area contributed by atoms with Gasteiger partial charge in [0.2, 0.25) is 10.0 Å². The molecule has 0 radical (unpaired) electrons. The molecule has 2 heterocycles. The summed E-state index contributed by atoms with van der Waals surface area (Å²) >= 11 is 0. The summed E-state index contributed by atoms with van der Waals surface area (Å²) in [5.41, 5.74) is 9.01. The largest absolute Gasteiger partial charge is 0.390 e. The van der Waals surface area contributed by atoms with Gasteiger partial charge in [0.05, 0.1) is 28.1 Å². The number of anilines is 1. The Balaban J connectivity index is 1.69. The molecule has 2 aromatic heterocycles. The monoisotopic (exact) mass is 429 g/mol. The lowest BCUT2D eigenvalue weighted by Crippen LogP contribution is -2.42. The van der Waals surface area contributed by atoms with E-state index in [2.05, 4.69) is 14.7 Å². The van der Waals surface area contributed by atoms with E-state index >= 15 is 0 Å². The van der Waals surface area contributed by atoms with E-state index in [1.807, 2.05) is 24.4 Å². The van der Waals surface area contributed by atoms with Gasteiger partial charge in [0.1, 0.15) is 0 Å². The molecule has 0 spiro atoms. The molecule has 3 aromatic rings. The van der Waals surface area contributed by atoms with Crippen LogP contribution in [-0.4, -0.2) is 39.5 Å². The molecule has 30 heavy (non-hydrogen) atoms. The van der Waals surface area contributed by atoms with Crippen LogP contribution in [0.2, 0.25) is 0 Å². The van der Waals surface area contributed by atoms with Gasteiger partial charge in [0.15, 0.2) is 11.5 Å². The molecule has 4 N–H and O–H groups in total. The van der Waals surface area contributed by atoms with Crippen LogP contribution in [0.25, 0.3) is 16.9 Å². The van der Waals surface area contributed by atoms with Crippen LogP contribution in [0.5, 0.6) is 0 Å². The average molecular weight is 430 g/mol. The first-order chi connectivity index (χ1) is 14.1. The standard InChI is InChI=1S/C21H27N5O3S/c1-13-4-5-16(30(28,29)25-15-6-8-21(3,27)9-7-15)10-17(13)18-11-23-20-19(22)24-14(2)12-26(18)20/h4-5,10-12,15,25,27H,6-9H2,1-3H3,(H2,22,24). The zero-order valence-corrected chi connectivity index (χ0v) is 18.2. The van der Waals surface area contributed by atoms with Crippen molar-refractivity contribution in [1.29, 1.82) is 0 Å². The number of nitrogen functional groups attached to an aromatic ring is 1. The van der Waals surface area contributed by atoms with Crippen molar-refractivity contribution in [2.24, 2.45) is 0 Å². The number of nitrogens with two attached hydrogens (primary N) is 1. The Bertz CT molecular complexity index is 1210. The summed E-state index contributed by atoms with van der Waals surface area (Å²) in [7, 11) is -3.70. The van der Waals surface area contributed by atoms with E-state index in [-0.39, 0.29) is 10.9 Å². The second kappa shape index (κ2) is 7.33. The Morgan fingerprint density at radius 2 is 1.97 bits per heavy atom. The van der Waals surface area contributed by atoms with Crippen LogP contribution in [0.15, 0.2) is 35.5 Å². The summed E-state index contributed by atoms with van der Waals surface area (Å²) in [6, 6.07) is 4.91. The predicted molar refractivity (Wildman–Crippen MR) is 116 cm³/mol. The SMILES string of the molecule is Cc1cn2c(-c3cc(S(=O)(=O)NC4CCC(C)(O)CC4)ccc3C)cnc2c(N)n1. The first-order valence-electron chi connectivity index (χ1n) is 10.0. The van der Waals surface area contributed by atoms with Crippen molar-refractivity contribution < 1.29 is 13.5 Å². The maximum atomic E-state index is 13.0. The Labute approximate surface area is 176 Å². The first-order valence-corrected chi connectivity index (χ1v) is 11.5. The van der Waals surface area contributed by atoms with Gasteiger partial charge in [-0.1, -0.05) is 6.07 Å². The molecule has 9 heteroatoms. The lowest BCUT2D eigenvalue weighted by Gasteiger charge is -2.33. The number of benzene rings is 1. The number of aryl methyl sites for hydroxylation is 2. The Morgan fingerprint density at radius 3 is 2.67 bits per heavy atom. The summed E-state index contributed by atoms with van der Waals surface area (Å²) in [6.07, 6.45) is 5.91. The van der Waals surface area contributed by atoms with E-state index in [1.165, 1.54) is 0 Å². The minimum Gasteiger partial charge on any atom is -0.390 e. The second-order valence-electron chi connectivity index (χ2n) is 8.47. The minimum absolute atomic E-state index is 0.177. The van der Waals surface area contributed by atoms with E-state index in [4.69, 9.17) is 5.73 Å². The van der Waals surface area contributed by atoms with Gasteiger partial charge < -0.3 is 10.8 Å². The van der Waals surface area contributed by atoms with Crippen LogP contribution < -0.4 is 10.5 Å². The number of aromatic nitrogens is 3. The number of hydrogen-bond donors (Lipinski definition) is 3. The normalized spacial score (nSPS) is 22.5. The van der Waals surface area contributed by atoms with Gasteiger partial charge >= 0.3 is 0 Å². The minimum atomic E-state index is -3.70.